The number of carbonyl (C=O) groups excluding carboxylic acids is 2. The Morgan fingerprint density at radius 2 is 2.13 bits per heavy atom. The number of benzene rings is 1. The highest BCUT2D eigenvalue weighted by Gasteiger charge is 2.36. The van der Waals surface area contributed by atoms with Gasteiger partial charge >= 0.3 is 5.97 Å². The molecule has 0 saturated carbocycles. The zero-order valence-electron chi connectivity index (χ0n) is 12.7. The Bertz CT molecular complexity index is 622. The largest absolute Gasteiger partial charge is 0.480 e. The van der Waals surface area contributed by atoms with Gasteiger partial charge in [0.1, 0.15) is 6.54 Å². The maximum absolute atomic E-state index is 12.5. The van der Waals surface area contributed by atoms with E-state index in [2.05, 4.69) is 5.32 Å². The molecule has 1 aliphatic heterocycles. The van der Waals surface area contributed by atoms with Gasteiger partial charge in [0, 0.05) is 6.54 Å². The van der Waals surface area contributed by atoms with Gasteiger partial charge in [-0.05, 0) is 25.6 Å². The number of para-hydroxylation sites is 1. The number of anilines is 1. The molecular formula is C15H18ClN3O4. The number of amides is 2. The first-order valence-corrected chi connectivity index (χ1v) is 7.52. The molecule has 2 rings (SSSR count). The number of carbonyl (C=O) groups is 3. The van der Waals surface area contributed by atoms with E-state index in [1.54, 1.807) is 35.0 Å². The maximum atomic E-state index is 12.5. The minimum atomic E-state index is -1.11. The van der Waals surface area contributed by atoms with Crippen LogP contribution in [0.3, 0.4) is 0 Å². The van der Waals surface area contributed by atoms with Gasteiger partial charge < -0.3 is 15.3 Å². The van der Waals surface area contributed by atoms with Gasteiger partial charge in [-0.15, -0.1) is 0 Å². The van der Waals surface area contributed by atoms with Crippen molar-refractivity contribution >= 4 is 35.1 Å². The minimum absolute atomic E-state index is 0.0416. The third-order valence-corrected chi connectivity index (χ3v) is 4.00. The van der Waals surface area contributed by atoms with E-state index in [0.29, 0.717) is 23.7 Å². The molecule has 1 unspecified atom stereocenters. The van der Waals surface area contributed by atoms with Gasteiger partial charge in [0.05, 0.1) is 23.3 Å². The molecule has 23 heavy (non-hydrogen) atoms. The molecule has 0 spiro atoms. The summed E-state index contributed by atoms with van der Waals surface area (Å²) in [6, 6.07) is 6.68. The van der Waals surface area contributed by atoms with Crippen molar-refractivity contribution in [1.82, 2.24) is 10.2 Å². The van der Waals surface area contributed by atoms with Gasteiger partial charge in [0.2, 0.25) is 11.8 Å². The van der Waals surface area contributed by atoms with Crippen molar-refractivity contribution in [1.29, 1.82) is 0 Å². The number of carboxylic acid groups (broad SMARTS) is 1. The highest BCUT2D eigenvalue weighted by atomic mass is 35.5. The predicted octanol–water partition coefficient (Wildman–Crippen LogP) is 0.578. The predicted molar refractivity (Wildman–Crippen MR) is 85.5 cm³/mol. The molecule has 1 saturated heterocycles. The maximum Gasteiger partial charge on any atom is 0.322 e. The first-order valence-electron chi connectivity index (χ1n) is 7.14. The molecule has 0 aliphatic carbocycles. The molecule has 1 aliphatic rings. The minimum Gasteiger partial charge on any atom is -0.480 e. The van der Waals surface area contributed by atoms with Gasteiger partial charge in [-0.25, -0.2) is 0 Å². The number of carboxylic acids is 1. The molecule has 0 radical (unpaired) electrons. The monoisotopic (exact) mass is 339 g/mol. The highest BCUT2D eigenvalue weighted by molar-refractivity contribution is 6.33. The summed E-state index contributed by atoms with van der Waals surface area (Å²) in [5, 5.41) is 11.3. The number of rotatable bonds is 6. The molecule has 2 N–H and O–H groups in total. The molecular weight excluding hydrogens is 322 g/mol. The fourth-order valence-corrected chi connectivity index (χ4v) is 2.79. The van der Waals surface area contributed by atoms with Crippen LogP contribution >= 0.6 is 11.6 Å². The normalized spacial score (nSPS) is 17.6. The van der Waals surface area contributed by atoms with Crippen LogP contribution in [0.4, 0.5) is 5.69 Å². The first kappa shape index (κ1) is 17.2. The standard InChI is InChI=1S/C15H18ClN3O4/c1-18(9-13(20)17-8-14(21)22)12-6-7-19(15(12)23)11-5-3-2-4-10(11)16/h2-5,12H,6-9H2,1H3,(H,17,20)(H,21,22). The number of halogens is 1. The van der Waals surface area contributed by atoms with Crippen molar-refractivity contribution in [3.8, 4) is 0 Å². The number of aliphatic carboxylic acids is 1. The summed E-state index contributed by atoms with van der Waals surface area (Å²) >= 11 is 6.12. The van der Waals surface area contributed by atoms with Crippen LogP contribution in [0, 0.1) is 0 Å². The van der Waals surface area contributed by atoms with Crippen LogP contribution in [0.1, 0.15) is 6.42 Å². The van der Waals surface area contributed by atoms with E-state index in [4.69, 9.17) is 16.7 Å². The van der Waals surface area contributed by atoms with Crippen molar-refractivity contribution in [2.75, 3.05) is 31.6 Å². The van der Waals surface area contributed by atoms with Crippen molar-refractivity contribution < 1.29 is 19.5 Å². The summed E-state index contributed by atoms with van der Waals surface area (Å²) in [5.74, 6) is -1.66. The summed E-state index contributed by atoms with van der Waals surface area (Å²) in [4.78, 5) is 37.9. The lowest BCUT2D eigenvalue weighted by atomic mass is 10.2. The van der Waals surface area contributed by atoms with Crippen molar-refractivity contribution in [3.05, 3.63) is 29.3 Å². The zero-order chi connectivity index (χ0) is 17.0. The Balaban J connectivity index is 1.97. The second-order valence-corrected chi connectivity index (χ2v) is 5.74. The second-order valence-electron chi connectivity index (χ2n) is 5.33. The Hall–Kier alpha value is -2.12. The van der Waals surface area contributed by atoms with Crippen LogP contribution < -0.4 is 10.2 Å². The quantitative estimate of drug-likeness (QED) is 0.791. The van der Waals surface area contributed by atoms with Crippen LogP contribution in [-0.4, -0.2) is 60.5 Å². The summed E-state index contributed by atoms with van der Waals surface area (Å²) in [6.45, 7) is 0.0470. The first-order chi connectivity index (χ1) is 10.9. The third kappa shape index (κ3) is 4.20. The summed E-state index contributed by atoms with van der Waals surface area (Å²) in [7, 11) is 1.67. The summed E-state index contributed by atoms with van der Waals surface area (Å²) in [5.41, 5.74) is 0.658. The van der Waals surface area contributed by atoms with E-state index in [1.165, 1.54) is 0 Å². The fourth-order valence-electron chi connectivity index (χ4n) is 2.55. The Morgan fingerprint density at radius 3 is 2.78 bits per heavy atom. The van der Waals surface area contributed by atoms with Crippen molar-refractivity contribution in [2.24, 2.45) is 0 Å². The molecule has 8 heteroatoms. The Kier molecular flexibility index (Phi) is 5.57. The van der Waals surface area contributed by atoms with Gasteiger partial charge in [-0.2, -0.15) is 0 Å². The summed E-state index contributed by atoms with van der Waals surface area (Å²) in [6.07, 6.45) is 0.576. The van der Waals surface area contributed by atoms with E-state index in [0.717, 1.165) is 0 Å². The average Bonchev–Trinajstić information content (AvgIpc) is 2.87. The van der Waals surface area contributed by atoms with Gasteiger partial charge in [0.25, 0.3) is 0 Å². The molecule has 1 atom stereocenters. The molecule has 0 bridgehead atoms. The third-order valence-electron chi connectivity index (χ3n) is 3.68. The SMILES string of the molecule is CN(CC(=O)NCC(=O)O)C1CCN(c2ccccc2Cl)C1=O. The average molecular weight is 340 g/mol. The summed E-state index contributed by atoms with van der Waals surface area (Å²) < 4.78 is 0. The molecule has 7 nitrogen and oxygen atoms in total. The van der Waals surface area contributed by atoms with Crippen LogP contribution in [0.25, 0.3) is 0 Å². The van der Waals surface area contributed by atoms with Crippen molar-refractivity contribution in [2.45, 2.75) is 12.5 Å². The molecule has 2 amide bonds. The molecule has 0 aromatic heterocycles. The van der Waals surface area contributed by atoms with Crippen molar-refractivity contribution in [3.63, 3.8) is 0 Å². The molecule has 124 valence electrons. The lowest BCUT2D eigenvalue weighted by Gasteiger charge is -2.23. The van der Waals surface area contributed by atoms with E-state index < -0.39 is 24.5 Å². The van der Waals surface area contributed by atoms with Gasteiger partial charge in [-0.3, -0.25) is 19.3 Å². The number of hydrogen-bond acceptors (Lipinski definition) is 4. The Morgan fingerprint density at radius 1 is 1.43 bits per heavy atom. The number of likely N-dealkylation sites (N-methyl/N-ethyl adjacent to an activating group) is 1. The van der Waals surface area contributed by atoms with Crippen LogP contribution in [0.15, 0.2) is 24.3 Å². The van der Waals surface area contributed by atoms with E-state index in [9.17, 15) is 14.4 Å². The molecule has 1 aromatic rings. The van der Waals surface area contributed by atoms with E-state index in [1.807, 2.05) is 6.07 Å². The van der Waals surface area contributed by atoms with E-state index >= 15 is 0 Å². The van der Waals surface area contributed by atoms with Crippen LogP contribution in [-0.2, 0) is 14.4 Å². The lowest BCUT2D eigenvalue weighted by molar-refractivity contribution is -0.138. The van der Waals surface area contributed by atoms with Crippen LogP contribution in [0.2, 0.25) is 5.02 Å². The van der Waals surface area contributed by atoms with Gasteiger partial charge in [-0.1, -0.05) is 23.7 Å². The molecule has 1 fully saturated rings. The topological polar surface area (TPSA) is 89.9 Å². The number of hydrogen-bond donors (Lipinski definition) is 2. The lowest BCUT2D eigenvalue weighted by Crippen LogP contribution is -2.45. The molecule has 1 heterocycles. The smallest absolute Gasteiger partial charge is 0.322 e. The number of nitrogens with zero attached hydrogens (tertiary/aromatic N) is 2. The molecule has 1 aromatic carbocycles. The highest BCUT2D eigenvalue weighted by Crippen LogP contribution is 2.30. The second kappa shape index (κ2) is 7.43. The number of nitrogens with one attached hydrogen (secondary N) is 1. The fraction of sp³-hybridized carbons (Fsp3) is 0.400. The van der Waals surface area contributed by atoms with Crippen LogP contribution in [0.5, 0.6) is 0 Å². The van der Waals surface area contributed by atoms with Gasteiger partial charge in [0.15, 0.2) is 0 Å². The van der Waals surface area contributed by atoms with E-state index in [-0.39, 0.29) is 12.5 Å². The zero-order valence-corrected chi connectivity index (χ0v) is 13.4. The Labute approximate surface area is 138 Å².